The Morgan fingerprint density at radius 2 is 2.00 bits per heavy atom. The van der Waals surface area contributed by atoms with Gasteiger partial charge in [-0.3, -0.25) is 9.98 Å². The molecule has 0 bridgehead atoms. The van der Waals surface area contributed by atoms with Gasteiger partial charge in [-0.2, -0.15) is 8.78 Å². The monoisotopic (exact) mass is 368 g/mol. The molecule has 1 heterocycles. The Hall–Kier alpha value is -2.97. The minimum Gasteiger partial charge on any atom is -0.497 e. The molecule has 0 aliphatic carbocycles. The van der Waals surface area contributed by atoms with E-state index >= 15 is 0 Å². The number of hydrogen-bond donors (Lipinski definition) is 2. The Morgan fingerprint density at radius 1 is 1.23 bits per heavy atom. The van der Waals surface area contributed by atoms with Gasteiger partial charge in [0, 0.05) is 25.4 Å². The third kappa shape index (κ3) is 5.54. The zero-order chi connectivity index (χ0) is 18.9. The van der Waals surface area contributed by atoms with Crippen molar-refractivity contribution in [2.75, 3.05) is 14.2 Å². The average molecular weight is 368 g/mol. The zero-order valence-corrected chi connectivity index (χ0v) is 14.3. The first-order chi connectivity index (χ1) is 12.5. The molecule has 0 radical (unpaired) electrons. The van der Waals surface area contributed by atoms with Gasteiger partial charge in [-0.15, -0.1) is 0 Å². The molecule has 0 aliphatic rings. The van der Waals surface area contributed by atoms with Crippen LogP contribution in [-0.4, -0.2) is 31.7 Å². The van der Waals surface area contributed by atoms with Crippen molar-refractivity contribution < 1.29 is 22.6 Å². The van der Waals surface area contributed by atoms with Crippen LogP contribution >= 0.6 is 0 Å². The van der Waals surface area contributed by atoms with Gasteiger partial charge < -0.3 is 20.1 Å². The Morgan fingerprint density at radius 3 is 2.65 bits per heavy atom. The fourth-order valence-corrected chi connectivity index (χ4v) is 2.15. The lowest BCUT2D eigenvalue weighted by Gasteiger charge is -2.15. The lowest BCUT2D eigenvalue weighted by Crippen LogP contribution is -2.36. The molecule has 0 saturated carbocycles. The van der Waals surface area contributed by atoms with Crippen LogP contribution in [0.4, 0.5) is 13.2 Å². The molecule has 0 spiro atoms. The first kappa shape index (κ1) is 19.4. The van der Waals surface area contributed by atoms with Crippen molar-refractivity contribution in [1.29, 1.82) is 0 Å². The molecule has 2 rings (SSSR count). The maximum atomic E-state index is 13.6. The predicted octanol–water partition coefficient (Wildman–Crippen LogP) is 2.70. The summed E-state index contributed by atoms with van der Waals surface area (Å²) in [6.45, 7) is -2.68. The average Bonchev–Trinajstić information content (AvgIpc) is 2.63. The van der Waals surface area contributed by atoms with Crippen molar-refractivity contribution in [1.82, 2.24) is 15.6 Å². The summed E-state index contributed by atoms with van der Waals surface area (Å²) < 4.78 is 48.3. The van der Waals surface area contributed by atoms with Crippen molar-refractivity contribution in [2.45, 2.75) is 19.7 Å². The molecule has 0 unspecified atom stereocenters. The van der Waals surface area contributed by atoms with Crippen molar-refractivity contribution >= 4 is 5.96 Å². The molecule has 6 nitrogen and oxygen atoms in total. The van der Waals surface area contributed by atoms with Gasteiger partial charge in [0.25, 0.3) is 0 Å². The number of ether oxygens (including phenoxy) is 2. The van der Waals surface area contributed by atoms with Crippen molar-refractivity contribution in [2.24, 2.45) is 4.99 Å². The Bertz CT molecular complexity index is 757. The predicted molar refractivity (Wildman–Crippen MR) is 90.9 cm³/mol. The highest BCUT2D eigenvalue weighted by Gasteiger charge is 2.12. The third-order valence-corrected chi connectivity index (χ3v) is 3.41. The van der Waals surface area contributed by atoms with E-state index < -0.39 is 12.4 Å². The standard InChI is InChI=1S/C17H19F3N4O2/c1-21-17(24-10-14-13(18)4-3-7-22-14)23-9-11-8-12(25-2)5-6-15(11)26-16(19)20/h3-8,16H,9-10H2,1-2H3,(H2,21,23,24). The van der Waals surface area contributed by atoms with Crippen LogP contribution in [0.25, 0.3) is 0 Å². The number of nitrogens with zero attached hydrogens (tertiary/aromatic N) is 2. The molecule has 0 fully saturated rings. The van der Waals surface area contributed by atoms with E-state index in [2.05, 4.69) is 25.3 Å². The van der Waals surface area contributed by atoms with Crippen LogP contribution < -0.4 is 20.1 Å². The van der Waals surface area contributed by atoms with E-state index in [0.717, 1.165) is 0 Å². The smallest absolute Gasteiger partial charge is 0.387 e. The summed E-state index contributed by atoms with van der Waals surface area (Å²) in [6.07, 6.45) is 1.49. The summed E-state index contributed by atoms with van der Waals surface area (Å²) in [5.74, 6) is 0.443. The Balaban J connectivity index is 2.02. The third-order valence-electron chi connectivity index (χ3n) is 3.41. The number of rotatable bonds is 7. The number of guanidine groups is 1. The summed E-state index contributed by atoms with van der Waals surface area (Å²) in [4.78, 5) is 7.94. The molecule has 0 aliphatic heterocycles. The molecular weight excluding hydrogens is 349 g/mol. The number of pyridine rings is 1. The topological polar surface area (TPSA) is 67.8 Å². The molecule has 2 aromatic rings. The van der Waals surface area contributed by atoms with Crippen molar-refractivity contribution in [3.63, 3.8) is 0 Å². The van der Waals surface area contributed by atoms with E-state index in [1.807, 2.05) is 0 Å². The number of alkyl halides is 2. The van der Waals surface area contributed by atoms with Crippen LogP contribution in [0, 0.1) is 5.82 Å². The number of halogens is 3. The van der Waals surface area contributed by atoms with E-state index in [4.69, 9.17) is 4.74 Å². The van der Waals surface area contributed by atoms with E-state index in [9.17, 15) is 13.2 Å². The Kier molecular flexibility index (Phi) is 7.07. The van der Waals surface area contributed by atoms with Crippen LogP contribution in [0.1, 0.15) is 11.3 Å². The van der Waals surface area contributed by atoms with Crippen LogP contribution in [0.5, 0.6) is 11.5 Å². The van der Waals surface area contributed by atoms with Crippen molar-refractivity contribution in [3.8, 4) is 11.5 Å². The van der Waals surface area contributed by atoms with Gasteiger partial charge in [-0.1, -0.05) is 0 Å². The number of aromatic nitrogens is 1. The van der Waals surface area contributed by atoms with E-state index in [-0.39, 0.29) is 24.5 Å². The first-order valence-corrected chi connectivity index (χ1v) is 7.69. The van der Waals surface area contributed by atoms with E-state index in [1.165, 1.54) is 44.6 Å². The van der Waals surface area contributed by atoms with Gasteiger partial charge in [0.2, 0.25) is 0 Å². The second kappa shape index (κ2) is 9.50. The number of benzene rings is 1. The van der Waals surface area contributed by atoms with Crippen LogP contribution in [0.15, 0.2) is 41.5 Å². The maximum Gasteiger partial charge on any atom is 0.387 e. The van der Waals surface area contributed by atoms with Gasteiger partial charge in [0.15, 0.2) is 5.96 Å². The molecule has 0 amide bonds. The second-order valence-electron chi connectivity index (χ2n) is 5.06. The molecule has 2 N–H and O–H groups in total. The molecule has 0 saturated heterocycles. The lowest BCUT2D eigenvalue weighted by atomic mass is 10.2. The Labute approximate surface area is 149 Å². The minimum absolute atomic E-state index is 0.0273. The quantitative estimate of drug-likeness (QED) is 0.581. The second-order valence-corrected chi connectivity index (χ2v) is 5.06. The molecule has 1 aromatic heterocycles. The summed E-state index contributed by atoms with van der Waals surface area (Å²) in [5, 5.41) is 5.85. The molecular formula is C17H19F3N4O2. The molecule has 140 valence electrons. The minimum atomic E-state index is -2.94. The van der Waals surface area contributed by atoms with Crippen LogP contribution in [0.2, 0.25) is 0 Å². The molecule has 1 aromatic carbocycles. The number of hydrogen-bond acceptors (Lipinski definition) is 4. The van der Waals surface area contributed by atoms with Crippen molar-refractivity contribution in [3.05, 3.63) is 53.6 Å². The van der Waals surface area contributed by atoms with E-state index in [1.54, 1.807) is 6.07 Å². The van der Waals surface area contributed by atoms with Gasteiger partial charge in [0.1, 0.15) is 17.3 Å². The lowest BCUT2D eigenvalue weighted by molar-refractivity contribution is -0.0504. The fraction of sp³-hybridized carbons (Fsp3) is 0.294. The van der Waals surface area contributed by atoms with E-state index in [0.29, 0.717) is 17.3 Å². The van der Waals surface area contributed by atoms with Crippen LogP contribution in [0.3, 0.4) is 0 Å². The van der Waals surface area contributed by atoms with Gasteiger partial charge >= 0.3 is 6.61 Å². The normalized spacial score (nSPS) is 11.4. The molecule has 26 heavy (non-hydrogen) atoms. The maximum absolute atomic E-state index is 13.6. The number of aliphatic imine (C=N–C) groups is 1. The highest BCUT2D eigenvalue weighted by atomic mass is 19.3. The largest absolute Gasteiger partial charge is 0.497 e. The first-order valence-electron chi connectivity index (χ1n) is 7.69. The molecule has 0 atom stereocenters. The zero-order valence-electron chi connectivity index (χ0n) is 14.3. The molecule has 9 heteroatoms. The number of nitrogens with one attached hydrogen (secondary N) is 2. The highest BCUT2D eigenvalue weighted by Crippen LogP contribution is 2.25. The summed E-state index contributed by atoms with van der Waals surface area (Å²) in [5.41, 5.74) is 0.690. The van der Waals surface area contributed by atoms with Crippen LogP contribution in [-0.2, 0) is 13.1 Å². The van der Waals surface area contributed by atoms with Gasteiger partial charge in [-0.25, -0.2) is 4.39 Å². The van der Waals surface area contributed by atoms with Gasteiger partial charge in [-0.05, 0) is 30.3 Å². The fourth-order valence-electron chi connectivity index (χ4n) is 2.15. The SMILES string of the molecule is CN=C(NCc1cc(OC)ccc1OC(F)F)NCc1ncccc1F. The summed E-state index contributed by atoms with van der Waals surface area (Å²) >= 11 is 0. The summed E-state index contributed by atoms with van der Waals surface area (Å²) in [7, 11) is 3.01. The summed E-state index contributed by atoms with van der Waals surface area (Å²) in [6, 6.07) is 7.32. The van der Waals surface area contributed by atoms with Gasteiger partial charge in [0.05, 0.1) is 19.3 Å². The highest BCUT2D eigenvalue weighted by molar-refractivity contribution is 5.79. The number of methoxy groups -OCH3 is 1.